The molecule has 0 unspecified atom stereocenters. The zero-order valence-corrected chi connectivity index (χ0v) is 13.5. The van der Waals surface area contributed by atoms with Gasteiger partial charge in [-0.3, -0.25) is 4.79 Å². The van der Waals surface area contributed by atoms with Crippen molar-refractivity contribution in [3.63, 3.8) is 0 Å². The summed E-state index contributed by atoms with van der Waals surface area (Å²) in [7, 11) is 0. The van der Waals surface area contributed by atoms with E-state index in [0.717, 1.165) is 0 Å². The van der Waals surface area contributed by atoms with E-state index in [1.54, 1.807) is 0 Å². The van der Waals surface area contributed by atoms with Crippen LogP contribution in [0.15, 0.2) is 0 Å². The molecule has 22 heavy (non-hydrogen) atoms. The number of ketones is 1. The predicted octanol–water partition coefficient (Wildman–Crippen LogP) is -0.0538. The molecule has 130 valence electrons. The molecule has 8 nitrogen and oxygen atoms in total. The van der Waals surface area contributed by atoms with E-state index in [4.69, 9.17) is 24.7 Å². The van der Waals surface area contributed by atoms with Crippen LogP contribution in [0.4, 0.5) is 4.79 Å². The molecule has 0 fully saturated rings. The van der Waals surface area contributed by atoms with Gasteiger partial charge in [-0.25, -0.2) is 4.79 Å². The number of primary amides is 1. The molecule has 3 N–H and O–H groups in total. The second-order valence-corrected chi connectivity index (χ2v) is 4.80. The quantitative estimate of drug-likeness (QED) is 0.409. The van der Waals surface area contributed by atoms with Gasteiger partial charge in [0.1, 0.15) is 6.61 Å². The molecule has 8 heteroatoms. The minimum absolute atomic E-state index is 0.00288. The van der Waals surface area contributed by atoms with E-state index in [9.17, 15) is 9.59 Å². The van der Waals surface area contributed by atoms with Crippen LogP contribution in [0.25, 0.3) is 0 Å². The number of hydrogen-bond acceptors (Lipinski definition) is 6. The zero-order valence-electron chi connectivity index (χ0n) is 13.5. The number of carbonyl (C=O) groups excluding carboxylic acids is 2. The lowest BCUT2D eigenvalue weighted by Crippen LogP contribution is -2.32. The van der Waals surface area contributed by atoms with Gasteiger partial charge in [-0.05, 0) is 0 Å². The summed E-state index contributed by atoms with van der Waals surface area (Å²) in [5.41, 5.74) is 4.89. The van der Waals surface area contributed by atoms with E-state index < -0.39 is 6.03 Å². The van der Waals surface area contributed by atoms with Crippen molar-refractivity contribution >= 4 is 11.8 Å². The zero-order chi connectivity index (χ0) is 16.6. The van der Waals surface area contributed by atoms with Crippen molar-refractivity contribution in [2.45, 2.75) is 13.8 Å². The Hall–Kier alpha value is -1.22. The normalized spacial score (nSPS) is 10.9. The number of urea groups is 1. The maximum Gasteiger partial charge on any atom is 0.312 e. The number of nitrogens with one attached hydrogen (secondary N) is 1. The lowest BCUT2D eigenvalue weighted by molar-refractivity contribution is -0.127. The standard InChI is InChI=1S/C14H28N2O6/c1-12(2)13(17)11-22-10-9-21-8-7-20-6-5-19-4-3-16-14(15)18/h12H,3-11H2,1-2H3,(H3,15,16,18). The molecule has 0 aliphatic carbocycles. The molecule has 0 atom stereocenters. The molecule has 0 saturated heterocycles. The van der Waals surface area contributed by atoms with Crippen molar-refractivity contribution in [3.05, 3.63) is 0 Å². The Morgan fingerprint density at radius 1 is 0.864 bits per heavy atom. The van der Waals surface area contributed by atoms with Crippen LogP contribution in [0.3, 0.4) is 0 Å². The molecular formula is C14H28N2O6. The summed E-state index contributed by atoms with van der Waals surface area (Å²) in [5.74, 6) is 0.0949. The summed E-state index contributed by atoms with van der Waals surface area (Å²) in [5, 5.41) is 2.41. The van der Waals surface area contributed by atoms with Crippen molar-refractivity contribution in [2.24, 2.45) is 11.7 Å². The fourth-order valence-corrected chi connectivity index (χ4v) is 1.25. The number of Topliss-reactive ketones (excluding diaryl/α,β-unsaturated/α-hetero) is 1. The highest BCUT2D eigenvalue weighted by Gasteiger charge is 2.06. The fourth-order valence-electron chi connectivity index (χ4n) is 1.25. The highest BCUT2D eigenvalue weighted by atomic mass is 16.6. The van der Waals surface area contributed by atoms with Crippen molar-refractivity contribution in [3.8, 4) is 0 Å². The molecule has 0 aromatic carbocycles. The Balaban J connectivity index is 3.08. The molecule has 0 aliphatic heterocycles. The van der Waals surface area contributed by atoms with Gasteiger partial charge >= 0.3 is 6.03 Å². The Morgan fingerprint density at radius 3 is 1.77 bits per heavy atom. The predicted molar refractivity (Wildman–Crippen MR) is 80.7 cm³/mol. The molecule has 0 heterocycles. The van der Waals surface area contributed by atoms with Gasteiger partial charge < -0.3 is 30.0 Å². The Morgan fingerprint density at radius 2 is 1.32 bits per heavy atom. The molecule has 0 aliphatic rings. The van der Waals surface area contributed by atoms with Gasteiger partial charge in [-0.15, -0.1) is 0 Å². The smallest absolute Gasteiger partial charge is 0.312 e. The van der Waals surface area contributed by atoms with Gasteiger partial charge in [-0.2, -0.15) is 0 Å². The third-order valence-electron chi connectivity index (χ3n) is 2.55. The number of amides is 2. The van der Waals surface area contributed by atoms with Crippen LogP contribution in [0.5, 0.6) is 0 Å². The number of carbonyl (C=O) groups is 2. The molecule has 0 radical (unpaired) electrons. The van der Waals surface area contributed by atoms with Crippen LogP contribution in [0.2, 0.25) is 0 Å². The first-order valence-corrected chi connectivity index (χ1v) is 7.41. The molecule has 0 saturated carbocycles. The Kier molecular flexibility index (Phi) is 13.9. The van der Waals surface area contributed by atoms with Crippen molar-refractivity contribution in [1.29, 1.82) is 0 Å². The maximum atomic E-state index is 11.3. The average Bonchev–Trinajstić information content (AvgIpc) is 2.46. The van der Waals surface area contributed by atoms with E-state index in [2.05, 4.69) is 5.32 Å². The first kappa shape index (κ1) is 20.8. The highest BCUT2D eigenvalue weighted by Crippen LogP contribution is 1.94. The van der Waals surface area contributed by atoms with E-state index in [1.165, 1.54) is 0 Å². The minimum Gasteiger partial charge on any atom is -0.377 e. The van der Waals surface area contributed by atoms with Crippen LogP contribution in [0.1, 0.15) is 13.8 Å². The lowest BCUT2D eigenvalue weighted by Gasteiger charge is -2.08. The number of ether oxygens (including phenoxy) is 4. The summed E-state index contributed by atoms with van der Waals surface area (Å²) >= 11 is 0. The average molecular weight is 320 g/mol. The SMILES string of the molecule is CC(C)C(=O)COCCOCCOCCOCCNC(N)=O. The van der Waals surface area contributed by atoms with E-state index in [0.29, 0.717) is 52.8 Å². The van der Waals surface area contributed by atoms with Gasteiger partial charge in [-0.1, -0.05) is 13.8 Å². The lowest BCUT2D eigenvalue weighted by atomic mass is 10.1. The first-order valence-electron chi connectivity index (χ1n) is 7.41. The Labute approximate surface area is 131 Å². The van der Waals surface area contributed by atoms with E-state index in [-0.39, 0.29) is 18.3 Å². The second-order valence-electron chi connectivity index (χ2n) is 4.80. The summed E-state index contributed by atoms with van der Waals surface area (Å²) in [4.78, 5) is 21.6. The third kappa shape index (κ3) is 15.2. The second kappa shape index (κ2) is 14.7. The fraction of sp³-hybridized carbons (Fsp3) is 0.857. The van der Waals surface area contributed by atoms with Gasteiger partial charge in [0.2, 0.25) is 0 Å². The van der Waals surface area contributed by atoms with Crippen molar-refractivity contribution in [1.82, 2.24) is 5.32 Å². The van der Waals surface area contributed by atoms with Crippen LogP contribution >= 0.6 is 0 Å². The molecular weight excluding hydrogens is 292 g/mol. The van der Waals surface area contributed by atoms with Gasteiger partial charge in [0.05, 0.1) is 46.2 Å². The minimum atomic E-state index is -0.561. The van der Waals surface area contributed by atoms with Crippen molar-refractivity contribution < 1.29 is 28.5 Å². The molecule has 0 aromatic heterocycles. The van der Waals surface area contributed by atoms with Crippen LogP contribution in [-0.4, -0.2) is 71.2 Å². The van der Waals surface area contributed by atoms with E-state index in [1.807, 2.05) is 13.8 Å². The van der Waals surface area contributed by atoms with Gasteiger partial charge in [0.15, 0.2) is 5.78 Å². The largest absolute Gasteiger partial charge is 0.377 e. The number of nitrogens with two attached hydrogens (primary N) is 1. The molecule has 0 spiro atoms. The topological polar surface area (TPSA) is 109 Å². The van der Waals surface area contributed by atoms with E-state index >= 15 is 0 Å². The first-order chi connectivity index (χ1) is 10.5. The number of hydrogen-bond donors (Lipinski definition) is 2. The summed E-state index contributed by atoms with van der Waals surface area (Å²) in [6.07, 6.45) is 0. The molecule has 0 aromatic rings. The van der Waals surface area contributed by atoms with Crippen LogP contribution < -0.4 is 11.1 Å². The van der Waals surface area contributed by atoms with Crippen molar-refractivity contribution in [2.75, 3.05) is 59.4 Å². The third-order valence-corrected chi connectivity index (χ3v) is 2.55. The number of rotatable bonds is 15. The van der Waals surface area contributed by atoms with Crippen LogP contribution in [-0.2, 0) is 23.7 Å². The summed E-state index contributed by atoms with van der Waals surface area (Å²) < 4.78 is 20.9. The van der Waals surface area contributed by atoms with Gasteiger partial charge in [0, 0.05) is 12.5 Å². The molecule has 0 rings (SSSR count). The molecule has 0 bridgehead atoms. The summed E-state index contributed by atoms with van der Waals surface area (Å²) in [6, 6.07) is -0.561. The summed E-state index contributed by atoms with van der Waals surface area (Å²) in [6.45, 7) is 7.28. The molecule has 2 amide bonds. The highest BCUT2D eigenvalue weighted by molar-refractivity contribution is 5.81. The maximum absolute atomic E-state index is 11.3. The van der Waals surface area contributed by atoms with Crippen LogP contribution in [0, 0.1) is 5.92 Å². The monoisotopic (exact) mass is 320 g/mol. The van der Waals surface area contributed by atoms with Gasteiger partial charge in [0.25, 0.3) is 0 Å². The Bertz CT molecular complexity index is 299.